The Bertz CT molecular complexity index is 5260. The van der Waals surface area contributed by atoms with Crippen LogP contribution in [0.5, 0.6) is 0 Å². The number of halogens is 5. The van der Waals surface area contributed by atoms with Crippen molar-refractivity contribution in [2.45, 2.75) is 61.7 Å². The average Bonchev–Trinajstić information content (AvgIpc) is 1.72. The van der Waals surface area contributed by atoms with E-state index in [9.17, 15) is 24.0 Å². The number of carbonyl (C=O) groups is 5. The molecule has 0 bridgehead atoms. The summed E-state index contributed by atoms with van der Waals surface area (Å²) in [5, 5.41) is 57.8. The molecule has 0 saturated heterocycles. The summed E-state index contributed by atoms with van der Waals surface area (Å²) in [7, 11) is 0. The molecule has 120 heavy (non-hydrogen) atoms. The summed E-state index contributed by atoms with van der Waals surface area (Å²) in [5.41, 5.74) is 14.2. The Balaban J connectivity index is 0.000000112. The molecule has 10 aromatic heterocycles. The van der Waals surface area contributed by atoms with E-state index >= 15 is 0 Å². The first-order chi connectivity index (χ1) is 58.6. The van der Waals surface area contributed by atoms with E-state index in [1.54, 1.807) is 74.1 Å². The van der Waals surface area contributed by atoms with Gasteiger partial charge in [0.05, 0.1) is 84.4 Å². The molecule has 0 aliphatic carbocycles. The molecule has 600 valence electrons. The Labute approximate surface area is 718 Å². The second kappa shape index (κ2) is 37.5. The topological polar surface area (TPSA) is 368 Å². The fourth-order valence-electron chi connectivity index (χ4n) is 14.5. The van der Waals surface area contributed by atoms with Crippen molar-refractivity contribution in [3.63, 3.8) is 0 Å². The third-order valence-electron chi connectivity index (χ3n) is 20.4. The molecule has 5 aromatic carbocycles. The van der Waals surface area contributed by atoms with Gasteiger partial charge in [-0.05, 0) is 157 Å². The molecule has 27 nitrogen and oxygen atoms in total. The number of nitrogens with zero attached hydrogens (tertiary/aromatic N) is 14. The van der Waals surface area contributed by atoms with E-state index in [1.807, 2.05) is 146 Å². The van der Waals surface area contributed by atoms with Gasteiger partial charge in [-0.1, -0.05) is 119 Å². The zero-order valence-corrected chi connectivity index (χ0v) is 68.5. The van der Waals surface area contributed by atoms with E-state index in [0.29, 0.717) is 114 Å². The molecule has 34 heteroatoms. The van der Waals surface area contributed by atoms with Crippen LogP contribution in [0.1, 0.15) is 169 Å². The predicted molar refractivity (Wildman–Crippen MR) is 454 cm³/mol. The molecular weight excluding hydrogens is 1670 g/mol. The van der Waals surface area contributed by atoms with Gasteiger partial charge in [0.1, 0.15) is 32.0 Å². The fourth-order valence-corrected chi connectivity index (χ4v) is 17.4. The number of aromatic nitrogens is 15. The highest BCUT2D eigenvalue weighted by Gasteiger charge is 2.36. The van der Waals surface area contributed by atoms with Crippen LogP contribution in [0.2, 0.25) is 25.1 Å². The first kappa shape index (κ1) is 81.0. The highest BCUT2D eigenvalue weighted by molar-refractivity contribution is 7.17. The van der Waals surface area contributed by atoms with E-state index in [4.69, 9.17) is 71.8 Å². The molecular formula is C86H67Cl5N20O7S2. The maximum atomic E-state index is 12.4. The van der Waals surface area contributed by atoms with Crippen molar-refractivity contribution in [3.05, 3.63) is 328 Å². The molecule has 5 aliphatic rings. The molecule has 5 unspecified atom stereocenters. The number of carbonyl (C=O) groups excluding carboxylic acids is 5. The lowest BCUT2D eigenvalue weighted by Crippen LogP contribution is -2.23. The Kier molecular flexibility index (Phi) is 25.3. The van der Waals surface area contributed by atoms with Crippen LogP contribution in [0.25, 0.3) is 55.3 Å². The van der Waals surface area contributed by atoms with Crippen LogP contribution in [0.4, 0.5) is 0 Å². The summed E-state index contributed by atoms with van der Waals surface area (Å²) in [6.07, 6.45) is 20.0. The lowest BCUT2D eigenvalue weighted by atomic mass is 9.91. The van der Waals surface area contributed by atoms with Gasteiger partial charge in [0.15, 0.2) is 5.69 Å². The van der Waals surface area contributed by atoms with Gasteiger partial charge in [0.25, 0.3) is 29.5 Å². The number of rotatable bonds is 10. The van der Waals surface area contributed by atoms with Crippen LogP contribution in [0.3, 0.4) is 0 Å². The van der Waals surface area contributed by atoms with Gasteiger partial charge in [-0.25, -0.2) is 19.9 Å². The van der Waals surface area contributed by atoms with E-state index < -0.39 is 0 Å². The van der Waals surface area contributed by atoms with Gasteiger partial charge < -0.3 is 40.4 Å². The minimum absolute atomic E-state index is 0.0384. The third-order valence-corrected chi connectivity index (χ3v) is 24.0. The number of hydrogen-bond acceptors (Lipinski definition) is 23. The van der Waals surface area contributed by atoms with Gasteiger partial charge >= 0.3 is 0 Å². The van der Waals surface area contributed by atoms with Gasteiger partial charge in [0.2, 0.25) is 17.5 Å². The molecule has 0 spiro atoms. The van der Waals surface area contributed by atoms with Crippen LogP contribution in [0, 0.1) is 0 Å². The average molecular weight is 1730 g/mol. The number of amides is 5. The number of nitrogens with one attached hydrogen (secondary N) is 6. The second-order valence-corrected chi connectivity index (χ2v) is 32.1. The van der Waals surface area contributed by atoms with E-state index in [-0.39, 0.29) is 64.9 Å². The van der Waals surface area contributed by atoms with Crippen molar-refractivity contribution >= 4 is 110 Å². The third kappa shape index (κ3) is 18.7. The number of fused-ring (bicyclic) bond motifs is 5. The van der Waals surface area contributed by atoms with E-state index in [1.165, 1.54) is 22.7 Å². The standard InChI is InChI=1S/C18H15ClN4O.2C17H13ClN4O2.2C17H13ClN4OS/c19-13-3-1-11(2-4-13)14-6-7-20-18(24)15-9-16(23-17(14)15)12-5-8-21-22-10-12;18-12-3-1-10(2-4-12)13-6-7-19-16(23)14-15(13)24-17(22-14)11-5-8-20-21-9-11;18-12-3-1-10(2-4-12)13-6-7-19-16(23)15-14(13)22-17(24-15)11-5-8-20-21-9-11;18-12-3-1-10(2-4-12)13-6-7-19-16(23)14-15(13)24-17(22-14)11-5-8-20-21-9-11;18-12-3-1-10(2-4-12)13-6-7-19-16(23)15-14(13)22-17(24-15)11-5-8-20-21-9-11/h1-5,8-10,14,23H,6-7H2,(H,20,24);4*1-5,8-9,13H,6-7H2,(H,19,23). The number of hydrogen-bond donors (Lipinski definition) is 6. The Hall–Kier alpha value is -12.7. The van der Waals surface area contributed by atoms with Crippen molar-refractivity contribution in [2.24, 2.45) is 0 Å². The summed E-state index contributed by atoms with van der Waals surface area (Å²) in [5.74, 6) is 1.05. The van der Waals surface area contributed by atoms with Crippen molar-refractivity contribution in [1.29, 1.82) is 0 Å². The minimum Gasteiger partial charge on any atom is -0.440 e. The normalized spacial score (nSPS) is 17.0. The van der Waals surface area contributed by atoms with Crippen molar-refractivity contribution < 1.29 is 32.8 Å². The van der Waals surface area contributed by atoms with Gasteiger partial charge in [-0.2, -0.15) is 51.0 Å². The Morgan fingerprint density at radius 2 is 0.717 bits per heavy atom. The number of benzene rings is 5. The van der Waals surface area contributed by atoms with Gasteiger partial charge in [-0.3, -0.25) is 24.0 Å². The SMILES string of the molecule is O=C1NCCC(c2ccc(Cl)cc2)c2[nH]c(-c3ccnnc3)cc21.O=C1NCCC(c2ccc(Cl)cc2)c2nc(-c3ccnnc3)oc21.O=C1NCCC(c2ccc(Cl)cc2)c2nc(-c3ccnnc3)sc21.O=C1NCCC(c2ccc(Cl)cc2)c2oc(-c3ccnnc3)nc21.O=C1NCCC(c2ccc(Cl)cc2)c2sc(-c3ccnnc3)nc21. The molecule has 6 N–H and O–H groups in total. The van der Waals surface area contributed by atoms with Crippen LogP contribution in [-0.4, -0.2) is 138 Å². The maximum absolute atomic E-state index is 12.4. The van der Waals surface area contributed by atoms with Gasteiger partial charge in [-0.15, -0.1) is 22.7 Å². The van der Waals surface area contributed by atoms with E-state index in [2.05, 4.69) is 97.5 Å². The van der Waals surface area contributed by atoms with Crippen LogP contribution < -0.4 is 26.6 Å². The largest absolute Gasteiger partial charge is 0.440 e. The maximum Gasteiger partial charge on any atom is 0.289 e. The zero-order chi connectivity index (χ0) is 82.6. The number of H-pyrrole nitrogens is 1. The number of aromatic amines is 1. The molecule has 0 fully saturated rings. The highest BCUT2D eigenvalue weighted by atomic mass is 35.5. The van der Waals surface area contributed by atoms with Crippen molar-refractivity contribution in [2.75, 3.05) is 32.7 Å². The summed E-state index contributed by atoms with van der Waals surface area (Å²) in [4.78, 5) is 85.1. The molecule has 0 radical (unpaired) electrons. The van der Waals surface area contributed by atoms with Crippen molar-refractivity contribution in [1.82, 2.24) is 102 Å². The number of oxazole rings is 2. The lowest BCUT2D eigenvalue weighted by Gasteiger charge is -2.15. The number of thiazole rings is 2. The summed E-state index contributed by atoms with van der Waals surface area (Å²) < 4.78 is 11.7. The first-order valence-corrected chi connectivity index (χ1v) is 41.4. The lowest BCUT2D eigenvalue weighted by molar-refractivity contribution is 0.0925. The monoisotopic (exact) mass is 1730 g/mol. The molecule has 5 amide bonds. The Morgan fingerprint density at radius 3 is 1.21 bits per heavy atom. The fraction of sp³-hybridized carbons (Fsp3) is 0.174. The highest BCUT2D eigenvalue weighted by Crippen LogP contribution is 2.43. The second-order valence-electron chi connectivity index (χ2n) is 27.8. The summed E-state index contributed by atoms with van der Waals surface area (Å²) in [6, 6.07) is 49.4. The molecule has 20 rings (SSSR count). The predicted octanol–water partition coefficient (Wildman–Crippen LogP) is 16.5. The molecule has 15 aromatic rings. The molecule has 5 aliphatic heterocycles. The summed E-state index contributed by atoms with van der Waals surface area (Å²) >= 11 is 32.9. The summed E-state index contributed by atoms with van der Waals surface area (Å²) in [6.45, 7) is 3.01. The quantitative estimate of drug-likeness (QED) is 0.0740. The van der Waals surface area contributed by atoms with Crippen LogP contribution in [-0.2, 0) is 0 Å². The smallest absolute Gasteiger partial charge is 0.289 e. The Morgan fingerprint density at radius 1 is 0.333 bits per heavy atom. The molecule has 5 atom stereocenters. The van der Waals surface area contributed by atoms with Crippen molar-refractivity contribution in [3.8, 4) is 55.3 Å². The van der Waals surface area contributed by atoms with E-state index in [0.717, 1.165) is 109 Å². The van der Waals surface area contributed by atoms with Gasteiger partial charge in [0, 0.05) is 120 Å². The first-order valence-electron chi connectivity index (χ1n) is 37.9. The van der Waals surface area contributed by atoms with Crippen LogP contribution in [0.15, 0.2) is 229 Å². The molecule has 15 heterocycles. The zero-order valence-electron chi connectivity index (χ0n) is 63.1. The van der Waals surface area contributed by atoms with Crippen LogP contribution >= 0.6 is 80.7 Å². The minimum atomic E-state index is -0.248. The molecule has 0 saturated carbocycles.